The molecule has 2 heterocycles. The van der Waals surface area contributed by atoms with Crippen molar-refractivity contribution in [2.24, 2.45) is 0 Å². The Kier molecular flexibility index (Phi) is 5.12. The Morgan fingerprint density at radius 3 is 2.58 bits per heavy atom. The van der Waals surface area contributed by atoms with Crippen LogP contribution in [-0.2, 0) is 17.9 Å². The van der Waals surface area contributed by atoms with E-state index in [4.69, 9.17) is 0 Å². The molecule has 0 aliphatic heterocycles. The maximum absolute atomic E-state index is 12.1. The Bertz CT molecular complexity index is 929. The number of nitrogens with zero attached hydrogens (tertiary/aromatic N) is 5. The summed E-state index contributed by atoms with van der Waals surface area (Å²) in [6, 6.07) is 11.0. The summed E-state index contributed by atoms with van der Waals surface area (Å²) in [4.78, 5) is 25.8. The smallest absolute Gasteiger partial charge is 0.269 e. The highest BCUT2D eigenvalue weighted by atomic mass is 16.2. The van der Waals surface area contributed by atoms with E-state index in [-0.39, 0.29) is 18.0 Å². The minimum absolute atomic E-state index is 0.113. The number of rotatable bonds is 6. The van der Waals surface area contributed by atoms with Crippen LogP contribution in [0.3, 0.4) is 0 Å². The fourth-order valence-electron chi connectivity index (χ4n) is 2.37. The van der Waals surface area contributed by atoms with Gasteiger partial charge >= 0.3 is 0 Å². The number of benzene rings is 1. The van der Waals surface area contributed by atoms with Gasteiger partial charge in [-0.1, -0.05) is 12.1 Å². The van der Waals surface area contributed by atoms with Crippen molar-refractivity contribution in [1.29, 1.82) is 0 Å². The summed E-state index contributed by atoms with van der Waals surface area (Å²) in [5.74, 6) is -0.270. The molecular weight excluding hydrogens is 332 g/mol. The first-order valence-electron chi connectivity index (χ1n) is 8.13. The van der Waals surface area contributed by atoms with Gasteiger partial charge in [-0.2, -0.15) is 10.2 Å². The first-order valence-corrected chi connectivity index (χ1v) is 8.13. The molecule has 1 N–H and O–H groups in total. The lowest BCUT2D eigenvalue weighted by atomic mass is 10.2. The molecular formula is C18H20N6O2. The molecule has 0 saturated carbocycles. The van der Waals surface area contributed by atoms with Crippen LogP contribution >= 0.6 is 0 Å². The summed E-state index contributed by atoms with van der Waals surface area (Å²) in [5.41, 5.74) is 2.29. The fraction of sp³-hybridized carbons (Fsp3) is 0.222. The molecule has 0 bridgehead atoms. The van der Waals surface area contributed by atoms with Crippen LogP contribution in [0, 0.1) is 0 Å². The number of anilines is 1. The lowest BCUT2D eigenvalue weighted by molar-refractivity contribution is -0.122. The van der Waals surface area contributed by atoms with E-state index in [2.05, 4.69) is 15.5 Å². The Morgan fingerprint density at radius 1 is 1.19 bits per heavy atom. The van der Waals surface area contributed by atoms with Gasteiger partial charge in [0, 0.05) is 39.1 Å². The van der Waals surface area contributed by atoms with Gasteiger partial charge in [0.15, 0.2) is 0 Å². The summed E-state index contributed by atoms with van der Waals surface area (Å²) in [6.45, 7) is 0.265. The van der Waals surface area contributed by atoms with Crippen molar-refractivity contribution in [3.8, 4) is 5.69 Å². The Balaban J connectivity index is 1.56. The molecule has 0 fully saturated rings. The lowest BCUT2D eigenvalue weighted by Crippen LogP contribution is -2.33. The van der Waals surface area contributed by atoms with E-state index in [0.29, 0.717) is 12.2 Å². The SMILES string of the molecule is CN(C)c1cnn(CC(=O)NCc2ccc(-n3cccn3)cc2)c(=O)c1. The van der Waals surface area contributed by atoms with Crippen LogP contribution in [0.5, 0.6) is 0 Å². The van der Waals surface area contributed by atoms with Crippen molar-refractivity contribution < 1.29 is 4.79 Å². The van der Waals surface area contributed by atoms with Gasteiger partial charge < -0.3 is 10.2 Å². The minimum Gasteiger partial charge on any atom is -0.376 e. The zero-order chi connectivity index (χ0) is 18.5. The van der Waals surface area contributed by atoms with Crippen molar-refractivity contribution in [3.05, 3.63) is 70.9 Å². The molecule has 1 amide bonds. The van der Waals surface area contributed by atoms with Gasteiger partial charge in [-0.05, 0) is 23.8 Å². The van der Waals surface area contributed by atoms with Crippen LogP contribution < -0.4 is 15.8 Å². The molecule has 134 valence electrons. The molecule has 0 unspecified atom stereocenters. The van der Waals surface area contributed by atoms with Gasteiger partial charge in [-0.15, -0.1) is 0 Å². The average Bonchev–Trinajstić information content (AvgIpc) is 3.16. The normalized spacial score (nSPS) is 10.5. The van der Waals surface area contributed by atoms with Crippen molar-refractivity contribution in [1.82, 2.24) is 24.9 Å². The molecule has 0 radical (unpaired) electrons. The van der Waals surface area contributed by atoms with Gasteiger partial charge in [0.1, 0.15) is 6.54 Å². The van der Waals surface area contributed by atoms with E-state index in [1.54, 1.807) is 22.0 Å². The average molecular weight is 352 g/mol. The topological polar surface area (TPSA) is 85.1 Å². The molecule has 3 rings (SSSR count). The molecule has 0 spiro atoms. The molecule has 8 nitrogen and oxygen atoms in total. The lowest BCUT2D eigenvalue weighted by Gasteiger charge is -2.12. The molecule has 0 aliphatic rings. The second-order valence-corrected chi connectivity index (χ2v) is 6.00. The van der Waals surface area contributed by atoms with E-state index >= 15 is 0 Å². The van der Waals surface area contributed by atoms with Crippen LogP contribution in [0.15, 0.2) is 59.8 Å². The quantitative estimate of drug-likeness (QED) is 0.710. The number of nitrogens with one attached hydrogen (secondary N) is 1. The highest BCUT2D eigenvalue weighted by Gasteiger charge is 2.07. The second-order valence-electron chi connectivity index (χ2n) is 6.00. The number of carbonyl (C=O) groups excluding carboxylic acids is 1. The predicted octanol–water partition coefficient (Wildman–Crippen LogP) is 0.811. The Hall–Kier alpha value is -3.42. The first-order chi connectivity index (χ1) is 12.5. The zero-order valence-electron chi connectivity index (χ0n) is 14.7. The van der Waals surface area contributed by atoms with Gasteiger partial charge in [0.05, 0.1) is 17.6 Å². The number of carbonyl (C=O) groups is 1. The molecule has 0 saturated heterocycles. The van der Waals surface area contributed by atoms with Crippen LogP contribution in [0.25, 0.3) is 5.69 Å². The van der Waals surface area contributed by atoms with Crippen LogP contribution in [0.2, 0.25) is 0 Å². The Morgan fingerprint density at radius 2 is 1.96 bits per heavy atom. The van der Waals surface area contributed by atoms with E-state index in [1.165, 1.54) is 6.07 Å². The summed E-state index contributed by atoms with van der Waals surface area (Å²) >= 11 is 0. The standard InChI is InChI=1S/C18H20N6O2/c1-22(2)16-10-18(26)24(21-12-16)13-17(25)19-11-14-4-6-15(7-5-14)23-9-3-8-20-23/h3-10,12H,11,13H2,1-2H3,(H,19,25). The molecule has 8 heteroatoms. The van der Waals surface area contributed by atoms with Crippen molar-refractivity contribution in [3.63, 3.8) is 0 Å². The van der Waals surface area contributed by atoms with E-state index < -0.39 is 0 Å². The number of amides is 1. The molecule has 3 aromatic rings. The largest absolute Gasteiger partial charge is 0.376 e. The van der Waals surface area contributed by atoms with Crippen molar-refractivity contribution in [2.45, 2.75) is 13.1 Å². The highest BCUT2D eigenvalue weighted by molar-refractivity contribution is 5.75. The van der Waals surface area contributed by atoms with Gasteiger partial charge in [0.25, 0.3) is 5.56 Å². The third-order valence-corrected chi connectivity index (χ3v) is 3.86. The maximum Gasteiger partial charge on any atom is 0.269 e. The summed E-state index contributed by atoms with van der Waals surface area (Å²) < 4.78 is 2.90. The molecule has 26 heavy (non-hydrogen) atoms. The van der Waals surface area contributed by atoms with Crippen LogP contribution in [0.4, 0.5) is 5.69 Å². The number of hydrogen-bond donors (Lipinski definition) is 1. The minimum atomic E-state index is -0.310. The van der Waals surface area contributed by atoms with Gasteiger partial charge in [-0.3, -0.25) is 9.59 Å². The van der Waals surface area contributed by atoms with E-state index in [9.17, 15) is 9.59 Å². The molecule has 2 aromatic heterocycles. The van der Waals surface area contributed by atoms with E-state index in [0.717, 1.165) is 15.9 Å². The van der Waals surface area contributed by atoms with Crippen molar-refractivity contribution in [2.75, 3.05) is 19.0 Å². The predicted molar refractivity (Wildman–Crippen MR) is 98.2 cm³/mol. The number of aromatic nitrogens is 4. The molecule has 1 aromatic carbocycles. The highest BCUT2D eigenvalue weighted by Crippen LogP contribution is 2.08. The maximum atomic E-state index is 12.1. The molecule has 0 atom stereocenters. The zero-order valence-corrected chi connectivity index (χ0v) is 14.7. The Labute approximate surface area is 150 Å². The third kappa shape index (κ3) is 4.15. The summed E-state index contributed by atoms with van der Waals surface area (Å²) in [7, 11) is 3.65. The molecule has 0 aliphatic carbocycles. The first kappa shape index (κ1) is 17.4. The van der Waals surface area contributed by atoms with Gasteiger partial charge in [0.2, 0.25) is 5.91 Å². The van der Waals surface area contributed by atoms with Crippen molar-refractivity contribution >= 4 is 11.6 Å². The van der Waals surface area contributed by atoms with Crippen LogP contribution in [0.1, 0.15) is 5.56 Å². The van der Waals surface area contributed by atoms with Gasteiger partial charge in [-0.25, -0.2) is 9.36 Å². The fourth-order valence-corrected chi connectivity index (χ4v) is 2.37. The van der Waals surface area contributed by atoms with Crippen LogP contribution in [-0.4, -0.2) is 39.6 Å². The number of hydrogen-bond acceptors (Lipinski definition) is 5. The van der Waals surface area contributed by atoms with E-state index in [1.807, 2.05) is 50.6 Å². The summed E-state index contributed by atoms with van der Waals surface area (Å²) in [5, 5.41) is 11.0. The third-order valence-electron chi connectivity index (χ3n) is 3.86. The summed E-state index contributed by atoms with van der Waals surface area (Å²) in [6.07, 6.45) is 5.14. The monoisotopic (exact) mass is 352 g/mol. The second kappa shape index (κ2) is 7.64.